The topological polar surface area (TPSA) is 110 Å². The Morgan fingerprint density at radius 2 is 1.60 bits per heavy atom. The van der Waals surface area contributed by atoms with Gasteiger partial charge in [0.2, 0.25) is 11.8 Å². The highest BCUT2D eigenvalue weighted by molar-refractivity contribution is 14.1. The van der Waals surface area contributed by atoms with Gasteiger partial charge in [-0.25, -0.2) is 0 Å². The largest absolute Gasteiger partial charge is 0.508 e. The number of ketones is 2. The molecule has 40 heavy (non-hydrogen) atoms. The fraction of sp³-hybridized carbons (Fsp3) is 0.290. The third kappa shape index (κ3) is 3.85. The van der Waals surface area contributed by atoms with Crippen molar-refractivity contribution in [2.24, 2.45) is 17.8 Å². The van der Waals surface area contributed by atoms with Gasteiger partial charge in [0, 0.05) is 43.9 Å². The van der Waals surface area contributed by atoms with Crippen LogP contribution in [0, 0.1) is 21.3 Å². The van der Waals surface area contributed by atoms with Crippen LogP contribution in [0.5, 0.6) is 17.2 Å². The molecule has 8 nitrogen and oxygen atoms in total. The minimum atomic E-state index is -0.753. The van der Waals surface area contributed by atoms with Crippen molar-refractivity contribution in [1.82, 2.24) is 0 Å². The number of halogens is 1. The van der Waals surface area contributed by atoms with E-state index in [2.05, 4.69) is 22.6 Å². The van der Waals surface area contributed by atoms with Gasteiger partial charge in [-0.1, -0.05) is 11.6 Å². The van der Waals surface area contributed by atoms with Crippen LogP contribution >= 0.6 is 22.6 Å². The number of hydrogen-bond donors (Lipinski definition) is 1. The predicted octanol–water partition coefficient (Wildman–Crippen LogP) is 4.65. The Morgan fingerprint density at radius 3 is 2.23 bits per heavy atom. The van der Waals surface area contributed by atoms with E-state index >= 15 is 0 Å². The van der Waals surface area contributed by atoms with Crippen molar-refractivity contribution >= 4 is 51.7 Å². The lowest BCUT2D eigenvalue weighted by molar-refractivity contribution is -0.123. The average Bonchev–Trinajstić information content (AvgIpc) is 3.20. The zero-order valence-electron chi connectivity index (χ0n) is 22.1. The molecule has 1 fully saturated rings. The number of methoxy groups -OCH3 is 2. The summed E-state index contributed by atoms with van der Waals surface area (Å²) in [5, 5.41) is 10.3. The molecule has 1 heterocycles. The van der Waals surface area contributed by atoms with Gasteiger partial charge in [-0.2, -0.15) is 0 Å². The first kappa shape index (κ1) is 26.5. The summed E-state index contributed by atoms with van der Waals surface area (Å²) in [6, 6.07) is 10.1. The molecule has 0 unspecified atom stereocenters. The number of allylic oxidation sites excluding steroid dienone is 6. The maximum atomic E-state index is 14.0. The maximum Gasteiger partial charge on any atom is 0.238 e. The van der Waals surface area contributed by atoms with Gasteiger partial charge in [0.25, 0.3) is 0 Å². The van der Waals surface area contributed by atoms with Crippen LogP contribution in [0.4, 0.5) is 5.69 Å². The Labute approximate surface area is 244 Å². The number of carbonyl (C=O) groups is 4. The molecular weight excluding hydrogens is 625 g/mol. The van der Waals surface area contributed by atoms with Crippen molar-refractivity contribution in [3.8, 4) is 17.2 Å². The number of imide groups is 1. The van der Waals surface area contributed by atoms with E-state index in [0.29, 0.717) is 45.9 Å². The van der Waals surface area contributed by atoms with Crippen molar-refractivity contribution in [3.05, 3.63) is 80.0 Å². The first-order chi connectivity index (χ1) is 19.2. The van der Waals surface area contributed by atoms with E-state index < -0.39 is 23.7 Å². The molecule has 2 aromatic rings. The smallest absolute Gasteiger partial charge is 0.238 e. The average molecular weight is 651 g/mol. The number of anilines is 1. The van der Waals surface area contributed by atoms with Gasteiger partial charge in [-0.3, -0.25) is 24.1 Å². The summed E-state index contributed by atoms with van der Waals surface area (Å²) in [6.07, 6.45) is 3.79. The quantitative estimate of drug-likeness (QED) is 0.222. The van der Waals surface area contributed by atoms with Crippen LogP contribution in [0.1, 0.15) is 31.2 Å². The molecule has 1 N–H and O–H groups in total. The van der Waals surface area contributed by atoms with Crippen LogP contribution in [-0.2, 0) is 19.2 Å². The van der Waals surface area contributed by atoms with Crippen molar-refractivity contribution < 1.29 is 33.8 Å². The lowest BCUT2D eigenvalue weighted by Gasteiger charge is -2.42. The van der Waals surface area contributed by atoms with Crippen molar-refractivity contribution in [1.29, 1.82) is 0 Å². The summed E-state index contributed by atoms with van der Waals surface area (Å²) in [7, 11) is 2.91. The Balaban J connectivity index is 1.54. The summed E-state index contributed by atoms with van der Waals surface area (Å²) in [5.74, 6) is -3.10. The molecule has 4 atom stereocenters. The van der Waals surface area contributed by atoms with Crippen LogP contribution in [0.15, 0.2) is 70.8 Å². The van der Waals surface area contributed by atoms with Gasteiger partial charge in [-0.05, 0) is 78.6 Å². The van der Waals surface area contributed by atoms with Gasteiger partial charge >= 0.3 is 0 Å². The summed E-state index contributed by atoms with van der Waals surface area (Å²) in [6.45, 7) is 1.61. The molecule has 0 aromatic heterocycles. The predicted molar refractivity (Wildman–Crippen MR) is 154 cm³/mol. The van der Waals surface area contributed by atoms with Crippen LogP contribution in [0.25, 0.3) is 0 Å². The van der Waals surface area contributed by atoms with Gasteiger partial charge in [0.1, 0.15) is 17.2 Å². The molecule has 0 spiro atoms. The van der Waals surface area contributed by atoms with E-state index in [1.54, 1.807) is 19.1 Å². The second-order valence-electron chi connectivity index (χ2n) is 10.5. The molecule has 2 amide bonds. The van der Waals surface area contributed by atoms with Gasteiger partial charge in [-0.15, -0.1) is 0 Å². The number of hydrogen-bond acceptors (Lipinski definition) is 7. The first-order valence-electron chi connectivity index (χ1n) is 12.9. The van der Waals surface area contributed by atoms with Crippen molar-refractivity contribution in [3.63, 3.8) is 0 Å². The standard InChI is InChI=1S/C31H26INO7/c1-14-10-22(35)26-21(29(14)36)13-20-18(27(26)28-23(39-2)11-17(34)12-24(28)40-3)8-9-19-25(20)31(38)33(30(19)37)16-6-4-15(32)5-7-16/h4-8,10-12,19-20,25,27,34H,9,13H2,1-3H3/t19-,20+,25-,27-/m0/s1. The van der Waals surface area contributed by atoms with Gasteiger partial charge < -0.3 is 14.6 Å². The molecule has 1 saturated heterocycles. The maximum absolute atomic E-state index is 14.0. The minimum absolute atomic E-state index is 0.0804. The molecule has 0 saturated carbocycles. The molecule has 6 rings (SSSR count). The molecule has 1 aliphatic heterocycles. The van der Waals surface area contributed by atoms with E-state index in [4.69, 9.17) is 9.47 Å². The number of benzene rings is 2. The Kier molecular flexibility index (Phi) is 6.44. The number of ether oxygens (including phenoxy) is 2. The summed E-state index contributed by atoms with van der Waals surface area (Å²) >= 11 is 2.17. The van der Waals surface area contributed by atoms with Crippen LogP contribution in [-0.4, -0.2) is 42.7 Å². The summed E-state index contributed by atoms with van der Waals surface area (Å²) in [5.41, 5.74) is 2.80. The van der Waals surface area contributed by atoms with E-state index in [-0.39, 0.29) is 35.6 Å². The molecular formula is C31H26INO7. The van der Waals surface area contributed by atoms with E-state index in [0.717, 1.165) is 9.14 Å². The fourth-order valence-corrected chi connectivity index (χ4v) is 7.13. The van der Waals surface area contributed by atoms with Crippen LogP contribution < -0.4 is 14.4 Å². The molecule has 204 valence electrons. The molecule has 0 radical (unpaired) electrons. The number of Topliss-reactive ketones (excluding diaryl/α,β-unsaturated/α-hetero) is 1. The Hall–Kier alpha value is -3.73. The molecule has 0 bridgehead atoms. The van der Waals surface area contributed by atoms with E-state index in [9.17, 15) is 24.3 Å². The number of phenolic OH excluding ortho intramolecular Hbond substituents is 1. The summed E-state index contributed by atoms with van der Waals surface area (Å²) < 4.78 is 12.3. The summed E-state index contributed by atoms with van der Waals surface area (Å²) in [4.78, 5) is 55.9. The van der Waals surface area contributed by atoms with Crippen LogP contribution in [0.2, 0.25) is 0 Å². The number of rotatable bonds is 4. The second kappa shape index (κ2) is 9.72. The number of aromatic hydroxyl groups is 1. The minimum Gasteiger partial charge on any atom is -0.508 e. The SMILES string of the molecule is COc1cc(O)cc(OC)c1[C@H]1C2=CC[C@@H]3C(=O)N(c4ccc(I)cc4)C(=O)[C@@H]3[C@@H]2CC2=C1C(=O)C=C(C)C2=O. The number of amides is 2. The molecule has 2 aromatic carbocycles. The molecule has 9 heteroatoms. The lowest BCUT2D eigenvalue weighted by Crippen LogP contribution is -2.40. The highest BCUT2D eigenvalue weighted by Gasteiger charge is 2.57. The highest BCUT2D eigenvalue weighted by Crippen LogP contribution is 2.58. The zero-order valence-corrected chi connectivity index (χ0v) is 24.2. The Morgan fingerprint density at radius 1 is 0.950 bits per heavy atom. The first-order valence-corrected chi connectivity index (χ1v) is 14.0. The van der Waals surface area contributed by atoms with E-state index in [1.807, 2.05) is 18.2 Å². The Bertz CT molecular complexity index is 1570. The normalized spacial score (nSPS) is 25.8. The monoisotopic (exact) mass is 651 g/mol. The van der Waals surface area contributed by atoms with Crippen molar-refractivity contribution in [2.75, 3.05) is 19.1 Å². The number of phenols is 1. The van der Waals surface area contributed by atoms with Gasteiger partial charge in [0.15, 0.2) is 11.6 Å². The van der Waals surface area contributed by atoms with Crippen molar-refractivity contribution in [2.45, 2.75) is 25.7 Å². The molecule has 3 aliphatic carbocycles. The lowest BCUT2D eigenvalue weighted by atomic mass is 9.59. The fourth-order valence-electron chi connectivity index (χ4n) is 6.77. The van der Waals surface area contributed by atoms with Gasteiger partial charge in [0.05, 0.1) is 31.7 Å². The highest BCUT2D eigenvalue weighted by atomic mass is 127. The van der Waals surface area contributed by atoms with Crippen LogP contribution in [0.3, 0.4) is 0 Å². The van der Waals surface area contributed by atoms with E-state index in [1.165, 1.54) is 37.3 Å². The zero-order chi connectivity index (χ0) is 28.5. The third-order valence-corrected chi connectivity index (χ3v) is 9.18. The molecule has 4 aliphatic rings. The number of carbonyl (C=O) groups excluding carboxylic acids is 4. The number of nitrogens with zero attached hydrogens (tertiary/aromatic N) is 1. The number of fused-ring (bicyclic) bond motifs is 3. The third-order valence-electron chi connectivity index (χ3n) is 8.46. The second-order valence-corrected chi connectivity index (χ2v) is 11.7.